The Morgan fingerprint density at radius 2 is 2.00 bits per heavy atom. The predicted octanol–water partition coefficient (Wildman–Crippen LogP) is 0.271. The van der Waals surface area contributed by atoms with Crippen molar-refractivity contribution in [2.24, 2.45) is 0 Å². The quantitative estimate of drug-likeness (QED) is 0.434. The maximum Gasteiger partial charge on any atom is 0.349 e. The van der Waals surface area contributed by atoms with Crippen molar-refractivity contribution in [1.82, 2.24) is 0 Å². The molecule has 10 heavy (non-hydrogen) atoms. The maximum atomic E-state index is 10.5. The third-order valence-corrected chi connectivity index (χ3v) is 1.02. The molecule has 0 heterocycles. The van der Waals surface area contributed by atoms with Crippen LogP contribution in [0.2, 0.25) is 0 Å². The van der Waals surface area contributed by atoms with Gasteiger partial charge in [0, 0.05) is 6.92 Å². The van der Waals surface area contributed by atoms with Crippen LogP contribution < -0.4 is 0 Å². The Morgan fingerprint density at radius 1 is 1.50 bits per heavy atom. The minimum Gasteiger partial charge on any atom is -0.451 e. The van der Waals surface area contributed by atoms with Crippen molar-refractivity contribution in [3.8, 4) is 0 Å². The van der Waals surface area contributed by atoms with Gasteiger partial charge in [-0.25, -0.2) is 4.79 Å². The third-order valence-electron chi connectivity index (χ3n) is 0.791. The molecular formula is C5H9O4P. The average molecular weight is 164 g/mol. The predicted molar refractivity (Wildman–Crippen MR) is 37.0 cm³/mol. The third kappa shape index (κ3) is 3.41. The summed E-state index contributed by atoms with van der Waals surface area (Å²) >= 11 is 0. The SMILES string of the molecule is CC(=O)O[C@@H](C)C(=O)OP. The van der Waals surface area contributed by atoms with Gasteiger partial charge in [-0.05, 0) is 6.92 Å². The molecule has 0 aromatic rings. The molecule has 0 radical (unpaired) electrons. The lowest BCUT2D eigenvalue weighted by molar-refractivity contribution is -0.158. The van der Waals surface area contributed by atoms with Crippen LogP contribution in [-0.2, 0) is 18.8 Å². The second-order valence-electron chi connectivity index (χ2n) is 1.69. The van der Waals surface area contributed by atoms with E-state index in [1.54, 1.807) is 9.47 Å². The lowest BCUT2D eigenvalue weighted by Gasteiger charge is -2.07. The number of esters is 1. The molecule has 4 nitrogen and oxygen atoms in total. The first-order valence-electron chi connectivity index (χ1n) is 2.65. The summed E-state index contributed by atoms with van der Waals surface area (Å²) in [5.74, 6) is -1.08. The highest BCUT2D eigenvalue weighted by molar-refractivity contribution is 7.10. The van der Waals surface area contributed by atoms with Gasteiger partial charge in [0.2, 0.25) is 0 Å². The van der Waals surface area contributed by atoms with Crippen LogP contribution in [0.5, 0.6) is 0 Å². The molecule has 0 saturated carbocycles. The molecule has 0 bridgehead atoms. The fraction of sp³-hybridized carbons (Fsp3) is 0.600. The number of carbonyl (C=O) groups excluding carboxylic acids is 2. The molecule has 0 spiro atoms. The van der Waals surface area contributed by atoms with E-state index in [2.05, 4.69) is 9.26 Å². The number of hydrogen-bond donors (Lipinski definition) is 0. The van der Waals surface area contributed by atoms with Crippen LogP contribution >= 0.6 is 9.47 Å². The van der Waals surface area contributed by atoms with Crippen LogP contribution in [0, 0.1) is 0 Å². The summed E-state index contributed by atoms with van der Waals surface area (Å²) in [6.45, 7) is 2.67. The fourth-order valence-electron chi connectivity index (χ4n) is 0.393. The standard InChI is InChI=1S/C5H9O4P/c1-3(5(7)9-10)8-4(2)6/h3H,10H2,1-2H3/t3-/m0/s1. The van der Waals surface area contributed by atoms with Gasteiger partial charge in [0.1, 0.15) is 0 Å². The molecule has 58 valence electrons. The van der Waals surface area contributed by atoms with Gasteiger partial charge in [0.25, 0.3) is 0 Å². The molecule has 0 amide bonds. The van der Waals surface area contributed by atoms with Gasteiger partial charge in [-0.2, -0.15) is 0 Å². The zero-order valence-corrected chi connectivity index (χ0v) is 6.94. The molecule has 0 rings (SSSR count). The molecule has 0 saturated heterocycles. The minimum atomic E-state index is -0.824. The van der Waals surface area contributed by atoms with E-state index in [9.17, 15) is 9.59 Å². The molecule has 0 N–H and O–H groups in total. The average Bonchev–Trinajstić information content (AvgIpc) is 1.85. The second kappa shape index (κ2) is 4.23. The van der Waals surface area contributed by atoms with Gasteiger partial charge < -0.3 is 9.26 Å². The van der Waals surface area contributed by atoms with Crippen molar-refractivity contribution in [3.05, 3.63) is 0 Å². The number of rotatable bonds is 2. The molecule has 0 aliphatic rings. The lowest BCUT2D eigenvalue weighted by Crippen LogP contribution is -2.22. The lowest BCUT2D eigenvalue weighted by atomic mass is 10.4. The van der Waals surface area contributed by atoms with Crippen molar-refractivity contribution < 1.29 is 18.8 Å². The normalized spacial score (nSPS) is 11.9. The Kier molecular flexibility index (Phi) is 3.96. The smallest absolute Gasteiger partial charge is 0.349 e. The van der Waals surface area contributed by atoms with Crippen LogP contribution in [0.25, 0.3) is 0 Å². The van der Waals surface area contributed by atoms with Crippen molar-refractivity contribution >= 4 is 21.4 Å². The Bertz CT molecular complexity index is 145. The van der Waals surface area contributed by atoms with E-state index < -0.39 is 18.0 Å². The Morgan fingerprint density at radius 3 is 2.30 bits per heavy atom. The second-order valence-corrected chi connectivity index (χ2v) is 1.92. The van der Waals surface area contributed by atoms with E-state index in [1.165, 1.54) is 13.8 Å². The Hall–Kier alpha value is -0.630. The van der Waals surface area contributed by atoms with Crippen LogP contribution in [0.3, 0.4) is 0 Å². The number of carbonyl (C=O) groups is 2. The topological polar surface area (TPSA) is 52.6 Å². The van der Waals surface area contributed by atoms with E-state index in [0.29, 0.717) is 0 Å². The van der Waals surface area contributed by atoms with Crippen LogP contribution in [-0.4, -0.2) is 18.0 Å². The van der Waals surface area contributed by atoms with Crippen molar-refractivity contribution in [1.29, 1.82) is 0 Å². The van der Waals surface area contributed by atoms with Gasteiger partial charge in [-0.3, -0.25) is 4.79 Å². The summed E-state index contributed by atoms with van der Waals surface area (Å²) in [5.41, 5.74) is 0. The Balaban J connectivity index is 3.72. The van der Waals surface area contributed by atoms with E-state index in [-0.39, 0.29) is 0 Å². The molecule has 1 unspecified atom stereocenters. The minimum absolute atomic E-state index is 0.497. The molecular weight excluding hydrogens is 155 g/mol. The highest BCUT2D eigenvalue weighted by atomic mass is 31.0. The van der Waals surface area contributed by atoms with Crippen LogP contribution in [0.4, 0.5) is 0 Å². The zero-order chi connectivity index (χ0) is 8.15. The number of ether oxygens (including phenoxy) is 1. The van der Waals surface area contributed by atoms with E-state index in [4.69, 9.17) is 0 Å². The van der Waals surface area contributed by atoms with Crippen molar-refractivity contribution in [2.45, 2.75) is 20.0 Å². The Labute approximate surface area is 61.2 Å². The largest absolute Gasteiger partial charge is 0.451 e. The molecule has 2 atom stereocenters. The van der Waals surface area contributed by atoms with Gasteiger partial charge in [-0.15, -0.1) is 0 Å². The van der Waals surface area contributed by atoms with E-state index >= 15 is 0 Å². The van der Waals surface area contributed by atoms with Gasteiger partial charge in [0.05, 0.1) is 9.47 Å². The van der Waals surface area contributed by atoms with E-state index in [0.717, 1.165) is 0 Å². The number of hydrogen-bond acceptors (Lipinski definition) is 4. The summed E-state index contributed by atoms with van der Waals surface area (Å²) in [5, 5.41) is 0. The molecule has 0 aromatic heterocycles. The fourth-order valence-corrected chi connectivity index (χ4v) is 0.585. The van der Waals surface area contributed by atoms with Crippen molar-refractivity contribution in [2.75, 3.05) is 0 Å². The highest BCUT2D eigenvalue weighted by Gasteiger charge is 2.15. The monoisotopic (exact) mass is 164 g/mol. The molecule has 0 aliphatic heterocycles. The molecule has 5 heteroatoms. The van der Waals surface area contributed by atoms with Gasteiger partial charge in [0.15, 0.2) is 6.10 Å². The zero-order valence-electron chi connectivity index (χ0n) is 5.79. The first kappa shape index (κ1) is 9.37. The highest BCUT2D eigenvalue weighted by Crippen LogP contribution is 1.97. The summed E-state index contributed by atoms with van der Waals surface area (Å²) < 4.78 is 8.69. The molecule has 0 aromatic carbocycles. The summed E-state index contributed by atoms with van der Waals surface area (Å²) in [6.07, 6.45) is -0.824. The first-order valence-corrected chi connectivity index (χ1v) is 3.13. The summed E-state index contributed by atoms with van der Waals surface area (Å²) in [7, 11) is 1.78. The first-order chi connectivity index (χ1) is 4.57. The summed E-state index contributed by atoms with van der Waals surface area (Å²) in [6, 6.07) is 0. The molecule has 0 aliphatic carbocycles. The van der Waals surface area contributed by atoms with Crippen LogP contribution in [0.15, 0.2) is 0 Å². The summed E-state index contributed by atoms with van der Waals surface area (Å²) in [4.78, 5) is 20.8. The van der Waals surface area contributed by atoms with Gasteiger partial charge in [-0.1, -0.05) is 0 Å². The molecule has 0 fully saturated rings. The van der Waals surface area contributed by atoms with Crippen molar-refractivity contribution in [3.63, 3.8) is 0 Å². The maximum absolute atomic E-state index is 10.5. The van der Waals surface area contributed by atoms with Gasteiger partial charge >= 0.3 is 11.9 Å². The van der Waals surface area contributed by atoms with Crippen LogP contribution in [0.1, 0.15) is 13.8 Å². The van der Waals surface area contributed by atoms with E-state index in [1.807, 2.05) is 0 Å².